The standard InChI is InChI=1S/C16H16FNO3S/c1-11(21-16(20)14-3-2-10-22-14)15(19)18-9-8-12-4-6-13(17)7-5-12/h2-7,10-11H,8-9H2,1H3,(H,18,19)/t11-/m1/s1. The first-order valence-corrected chi connectivity index (χ1v) is 7.71. The molecular formula is C16H16FNO3S. The maximum absolute atomic E-state index is 12.8. The van der Waals surface area contributed by atoms with E-state index in [1.165, 1.54) is 30.4 Å². The third-order valence-electron chi connectivity index (χ3n) is 3.00. The van der Waals surface area contributed by atoms with Crippen LogP contribution in [0.25, 0.3) is 0 Å². The van der Waals surface area contributed by atoms with Crippen LogP contribution in [0.4, 0.5) is 4.39 Å². The molecule has 1 aromatic heterocycles. The summed E-state index contributed by atoms with van der Waals surface area (Å²) in [7, 11) is 0. The number of rotatable bonds is 6. The van der Waals surface area contributed by atoms with Gasteiger partial charge in [-0.1, -0.05) is 18.2 Å². The van der Waals surface area contributed by atoms with E-state index in [1.54, 1.807) is 29.6 Å². The van der Waals surface area contributed by atoms with Gasteiger partial charge in [0.1, 0.15) is 10.7 Å². The van der Waals surface area contributed by atoms with Crippen LogP contribution in [0.2, 0.25) is 0 Å². The van der Waals surface area contributed by atoms with Gasteiger partial charge in [0.05, 0.1) is 0 Å². The predicted octanol–water partition coefficient (Wildman–Crippen LogP) is 2.79. The third kappa shape index (κ3) is 4.66. The number of carbonyl (C=O) groups is 2. The van der Waals surface area contributed by atoms with Crippen molar-refractivity contribution in [3.63, 3.8) is 0 Å². The van der Waals surface area contributed by atoms with Crippen molar-refractivity contribution in [2.24, 2.45) is 0 Å². The molecule has 2 aromatic rings. The number of benzene rings is 1. The van der Waals surface area contributed by atoms with E-state index in [2.05, 4.69) is 5.32 Å². The van der Waals surface area contributed by atoms with Crippen molar-refractivity contribution in [3.05, 3.63) is 58.0 Å². The van der Waals surface area contributed by atoms with Gasteiger partial charge in [0.25, 0.3) is 5.91 Å². The Morgan fingerprint density at radius 1 is 1.27 bits per heavy atom. The third-order valence-corrected chi connectivity index (χ3v) is 3.85. The SMILES string of the molecule is C[C@@H](OC(=O)c1cccs1)C(=O)NCCc1ccc(F)cc1. The van der Waals surface area contributed by atoms with E-state index in [1.807, 2.05) is 0 Å². The second-order valence-electron chi connectivity index (χ2n) is 4.69. The lowest BCUT2D eigenvalue weighted by Crippen LogP contribution is -2.36. The molecular weight excluding hydrogens is 305 g/mol. The van der Waals surface area contributed by atoms with Gasteiger partial charge in [-0.3, -0.25) is 4.79 Å². The molecule has 6 heteroatoms. The topological polar surface area (TPSA) is 55.4 Å². The number of hydrogen-bond acceptors (Lipinski definition) is 4. The van der Waals surface area contributed by atoms with Crippen molar-refractivity contribution in [1.82, 2.24) is 5.32 Å². The molecule has 0 saturated heterocycles. The van der Waals surface area contributed by atoms with Crippen LogP contribution < -0.4 is 5.32 Å². The number of thiophene rings is 1. The van der Waals surface area contributed by atoms with Crippen LogP contribution in [0.3, 0.4) is 0 Å². The minimum absolute atomic E-state index is 0.290. The molecule has 2 rings (SSSR count). The average molecular weight is 321 g/mol. The van der Waals surface area contributed by atoms with Crippen LogP contribution >= 0.6 is 11.3 Å². The predicted molar refractivity (Wildman–Crippen MR) is 82.3 cm³/mol. The Morgan fingerprint density at radius 3 is 2.64 bits per heavy atom. The number of hydrogen-bond donors (Lipinski definition) is 1. The molecule has 0 spiro atoms. The normalized spacial score (nSPS) is 11.7. The molecule has 1 heterocycles. The summed E-state index contributed by atoms with van der Waals surface area (Å²) in [5.74, 6) is -1.15. The Hall–Kier alpha value is -2.21. The van der Waals surface area contributed by atoms with Gasteiger partial charge in [-0.15, -0.1) is 11.3 Å². The fourth-order valence-corrected chi connectivity index (χ4v) is 2.40. The Morgan fingerprint density at radius 2 is 2.00 bits per heavy atom. The zero-order valence-electron chi connectivity index (χ0n) is 12.0. The Balaban J connectivity index is 1.74. The van der Waals surface area contributed by atoms with Gasteiger partial charge in [0.15, 0.2) is 6.10 Å². The molecule has 1 amide bonds. The zero-order valence-corrected chi connectivity index (χ0v) is 12.9. The summed E-state index contributed by atoms with van der Waals surface area (Å²) >= 11 is 1.26. The lowest BCUT2D eigenvalue weighted by molar-refractivity contribution is -0.129. The van der Waals surface area contributed by atoms with E-state index in [4.69, 9.17) is 4.74 Å². The monoisotopic (exact) mass is 321 g/mol. The van der Waals surface area contributed by atoms with Crippen LogP contribution in [-0.2, 0) is 16.0 Å². The van der Waals surface area contributed by atoms with E-state index in [0.717, 1.165) is 5.56 Å². The average Bonchev–Trinajstić information content (AvgIpc) is 3.03. The van der Waals surface area contributed by atoms with Crippen LogP contribution in [-0.4, -0.2) is 24.5 Å². The highest BCUT2D eigenvalue weighted by atomic mass is 32.1. The number of halogens is 1. The molecule has 0 saturated carbocycles. The number of ether oxygens (including phenoxy) is 1. The highest BCUT2D eigenvalue weighted by Gasteiger charge is 2.18. The summed E-state index contributed by atoms with van der Waals surface area (Å²) in [4.78, 5) is 24.0. The molecule has 0 fully saturated rings. The van der Waals surface area contributed by atoms with Gasteiger partial charge in [-0.25, -0.2) is 9.18 Å². The van der Waals surface area contributed by atoms with Crippen molar-refractivity contribution in [2.75, 3.05) is 6.54 Å². The molecule has 116 valence electrons. The summed E-state index contributed by atoms with van der Waals surface area (Å²) < 4.78 is 17.8. The van der Waals surface area contributed by atoms with Gasteiger partial charge in [0, 0.05) is 6.54 Å². The molecule has 4 nitrogen and oxygen atoms in total. The molecule has 0 aliphatic carbocycles. The summed E-state index contributed by atoms with van der Waals surface area (Å²) in [6, 6.07) is 9.48. The van der Waals surface area contributed by atoms with E-state index < -0.39 is 12.1 Å². The van der Waals surface area contributed by atoms with Crippen molar-refractivity contribution in [1.29, 1.82) is 0 Å². The molecule has 0 radical (unpaired) electrons. The number of esters is 1. The maximum Gasteiger partial charge on any atom is 0.349 e. The molecule has 22 heavy (non-hydrogen) atoms. The highest BCUT2D eigenvalue weighted by molar-refractivity contribution is 7.11. The van der Waals surface area contributed by atoms with Crippen molar-refractivity contribution in [3.8, 4) is 0 Å². The second-order valence-corrected chi connectivity index (χ2v) is 5.64. The van der Waals surface area contributed by atoms with E-state index in [-0.39, 0.29) is 11.7 Å². The van der Waals surface area contributed by atoms with Gasteiger partial charge in [-0.2, -0.15) is 0 Å². The van der Waals surface area contributed by atoms with Crippen LogP contribution in [0.5, 0.6) is 0 Å². The first-order valence-electron chi connectivity index (χ1n) is 6.83. The van der Waals surface area contributed by atoms with E-state index >= 15 is 0 Å². The summed E-state index contributed by atoms with van der Waals surface area (Å²) in [5.41, 5.74) is 0.921. The quantitative estimate of drug-likeness (QED) is 0.832. The lowest BCUT2D eigenvalue weighted by atomic mass is 10.1. The smallest absolute Gasteiger partial charge is 0.349 e. The first-order chi connectivity index (χ1) is 10.6. The van der Waals surface area contributed by atoms with Crippen LogP contribution in [0.1, 0.15) is 22.2 Å². The van der Waals surface area contributed by atoms with Crippen molar-refractivity contribution >= 4 is 23.2 Å². The first kappa shape index (κ1) is 16.2. The summed E-state index contributed by atoms with van der Waals surface area (Å²) in [5, 5.41) is 4.46. The molecule has 1 N–H and O–H groups in total. The van der Waals surface area contributed by atoms with Crippen molar-refractivity contribution < 1.29 is 18.7 Å². The van der Waals surface area contributed by atoms with E-state index in [0.29, 0.717) is 17.8 Å². The number of carbonyl (C=O) groups excluding carboxylic acids is 2. The van der Waals surface area contributed by atoms with Gasteiger partial charge in [-0.05, 0) is 42.5 Å². The van der Waals surface area contributed by atoms with E-state index in [9.17, 15) is 14.0 Å². The van der Waals surface area contributed by atoms with Crippen LogP contribution in [0, 0.1) is 5.82 Å². The van der Waals surface area contributed by atoms with Gasteiger partial charge < -0.3 is 10.1 Å². The van der Waals surface area contributed by atoms with Crippen LogP contribution in [0.15, 0.2) is 41.8 Å². The number of nitrogens with one attached hydrogen (secondary N) is 1. The largest absolute Gasteiger partial charge is 0.448 e. The lowest BCUT2D eigenvalue weighted by Gasteiger charge is -2.13. The maximum atomic E-state index is 12.8. The molecule has 0 bridgehead atoms. The second kappa shape index (κ2) is 7.70. The van der Waals surface area contributed by atoms with Gasteiger partial charge >= 0.3 is 5.97 Å². The van der Waals surface area contributed by atoms with Gasteiger partial charge in [0.2, 0.25) is 0 Å². The molecule has 1 aromatic carbocycles. The molecule has 0 unspecified atom stereocenters. The number of amides is 1. The Kier molecular flexibility index (Phi) is 5.66. The molecule has 0 aliphatic heterocycles. The Bertz CT molecular complexity index is 625. The minimum Gasteiger partial charge on any atom is -0.448 e. The molecule has 1 atom stereocenters. The zero-order chi connectivity index (χ0) is 15.9. The van der Waals surface area contributed by atoms with Crippen molar-refractivity contribution in [2.45, 2.75) is 19.4 Å². The fourth-order valence-electron chi connectivity index (χ4n) is 1.79. The summed E-state index contributed by atoms with van der Waals surface area (Å²) in [6.45, 7) is 1.92. The highest BCUT2D eigenvalue weighted by Crippen LogP contribution is 2.11. The fraction of sp³-hybridized carbons (Fsp3) is 0.250. The summed E-state index contributed by atoms with van der Waals surface area (Å²) in [6.07, 6.45) is -0.278. The minimum atomic E-state index is -0.859. The Labute approximate surface area is 131 Å². The molecule has 0 aliphatic rings.